The Bertz CT molecular complexity index is 899. The molecule has 0 fully saturated rings. The molecule has 0 aliphatic heterocycles. The molecule has 7 nitrogen and oxygen atoms in total. The summed E-state index contributed by atoms with van der Waals surface area (Å²) in [5.74, 6) is -0.253. The minimum atomic E-state index is -0.979. The van der Waals surface area contributed by atoms with Gasteiger partial charge in [-0.15, -0.1) is 0 Å². The molecule has 3 heterocycles. The highest BCUT2D eigenvalue weighted by Gasteiger charge is 2.16. The van der Waals surface area contributed by atoms with Crippen LogP contribution in [0.2, 0.25) is 0 Å². The third kappa shape index (κ3) is 3.00. The van der Waals surface area contributed by atoms with Gasteiger partial charge in [0.05, 0.1) is 12.8 Å². The number of aryl methyl sites for hydroxylation is 1. The van der Waals surface area contributed by atoms with E-state index in [2.05, 4.69) is 10.3 Å². The van der Waals surface area contributed by atoms with Gasteiger partial charge in [0.15, 0.2) is 0 Å². The molecular weight excluding hydrogens is 298 g/mol. The zero-order valence-electron chi connectivity index (χ0n) is 12.4. The van der Waals surface area contributed by atoms with Crippen LogP contribution in [0.15, 0.2) is 52.1 Å². The van der Waals surface area contributed by atoms with Gasteiger partial charge in [-0.2, -0.15) is 0 Å². The van der Waals surface area contributed by atoms with Crippen LogP contribution in [0.25, 0.3) is 5.65 Å². The number of amides is 1. The second kappa shape index (κ2) is 6.05. The first-order chi connectivity index (χ1) is 11.1. The third-order valence-corrected chi connectivity index (χ3v) is 3.44. The number of carbonyl (C=O) groups is 1. The molecule has 0 aromatic carbocycles. The number of aliphatic hydroxyl groups excluding tert-OH is 1. The maximum absolute atomic E-state index is 12.3. The summed E-state index contributed by atoms with van der Waals surface area (Å²) in [6.45, 7) is 1.82. The van der Waals surface area contributed by atoms with Crippen LogP contribution >= 0.6 is 0 Å². The normalized spacial score (nSPS) is 12.3. The fourth-order valence-electron chi connectivity index (χ4n) is 2.20. The summed E-state index contributed by atoms with van der Waals surface area (Å²) < 4.78 is 6.36. The number of carbonyl (C=O) groups excluding carboxylic acids is 1. The highest BCUT2D eigenvalue weighted by Crippen LogP contribution is 2.11. The highest BCUT2D eigenvalue weighted by atomic mass is 16.4. The van der Waals surface area contributed by atoms with Gasteiger partial charge in [0.2, 0.25) is 0 Å². The van der Waals surface area contributed by atoms with E-state index in [-0.39, 0.29) is 12.1 Å². The Balaban J connectivity index is 1.80. The average molecular weight is 313 g/mol. The Kier molecular flexibility index (Phi) is 3.94. The molecule has 118 valence electrons. The summed E-state index contributed by atoms with van der Waals surface area (Å²) >= 11 is 0. The van der Waals surface area contributed by atoms with E-state index >= 15 is 0 Å². The van der Waals surface area contributed by atoms with E-state index in [1.54, 1.807) is 30.5 Å². The summed E-state index contributed by atoms with van der Waals surface area (Å²) in [7, 11) is 0. The van der Waals surface area contributed by atoms with E-state index in [0.717, 1.165) is 5.56 Å². The number of rotatable bonds is 4. The van der Waals surface area contributed by atoms with Crippen molar-refractivity contribution < 1.29 is 14.3 Å². The molecule has 3 aromatic rings. The van der Waals surface area contributed by atoms with Crippen molar-refractivity contribution in [3.63, 3.8) is 0 Å². The second-order valence-corrected chi connectivity index (χ2v) is 5.15. The van der Waals surface area contributed by atoms with Gasteiger partial charge in [-0.1, -0.05) is 0 Å². The molecular formula is C16H15N3O4. The summed E-state index contributed by atoms with van der Waals surface area (Å²) in [6, 6.07) is 6.76. The number of fused-ring (bicyclic) bond motifs is 1. The van der Waals surface area contributed by atoms with Crippen molar-refractivity contribution in [2.24, 2.45) is 0 Å². The molecule has 0 aliphatic rings. The van der Waals surface area contributed by atoms with Crippen LogP contribution in [0.1, 0.15) is 27.8 Å². The molecule has 0 radical (unpaired) electrons. The van der Waals surface area contributed by atoms with E-state index in [4.69, 9.17) is 4.42 Å². The molecule has 2 N–H and O–H groups in total. The fraction of sp³-hybridized carbons (Fsp3) is 0.188. The Morgan fingerprint density at radius 3 is 3.04 bits per heavy atom. The smallest absolute Gasteiger partial charge is 0.270 e. The van der Waals surface area contributed by atoms with E-state index in [0.29, 0.717) is 11.4 Å². The SMILES string of the molecule is Cc1ccn2c(=O)c(C(=O)NCC(O)c3ccco3)cnc2c1. The topological polar surface area (TPSA) is 96.8 Å². The van der Waals surface area contributed by atoms with Crippen molar-refractivity contribution >= 4 is 11.6 Å². The van der Waals surface area contributed by atoms with Crippen LogP contribution in [-0.4, -0.2) is 26.9 Å². The molecule has 3 aromatic heterocycles. The molecule has 0 aliphatic carbocycles. The lowest BCUT2D eigenvalue weighted by Crippen LogP contribution is -2.34. The van der Waals surface area contributed by atoms with E-state index in [9.17, 15) is 14.7 Å². The number of nitrogens with one attached hydrogen (secondary N) is 1. The number of aliphatic hydroxyl groups is 1. The lowest BCUT2D eigenvalue weighted by Gasteiger charge is -2.10. The average Bonchev–Trinajstić information content (AvgIpc) is 3.07. The minimum Gasteiger partial charge on any atom is -0.467 e. The Hall–Kier alpha value is -2.93. The summed E-state index contributed by atoms with van der Waals surface area (Å²) in [4.78, 5) is 28.6. The first kappa shape index (κ1) is 15.0. The Morgan fingerprint density at radius 1 is 1.48 bits per heavy atom. The lowest BCUT2D eigenvalue weighted by atomic mass is 10.2. The zero-order chi connectivity index (χ0) is 16.4. The summed E-state index contributed by atoms with van der Waals surface area (Å²) in [5.41, 5.74) is 0.899. The number of hydrogen-bond donors (Lipinski definition) is 2. The van der Waals surface area contributed by atoms with Crippen LogP contribution in [0.3, 0.4) is 0 Å². The lowest BCUT2D eigenvalue weighted by molar-refractivity contribution is 0.0899. The van der Waals surface area contributed by atoms with Gasteiger partial charge in [-0.05, 0) is 36.8 Å². The molecule has 0 saturated carbocycles. The molecule has 0 saturated heterocycles. The maximum Gasteiger partial charge on any atom is 0.270 e. The first-order valence-corrected chi connectivity index (χ1v) is 7.04. The van der Waals surface area contributed by atoms with Gasteiger partial charge in [0.1, 0.15) is 23.1 Å². The van der Waals surface area contributed by atoms with Gasteiger partial charge in [-0.3, -0.25) is 14.0 Å². The van der Waals surface area contributed by atoms with Gasteiger partial charge < -0.3 is 14.8 Å². The van der Waals surface area contributed by atoms with Crippen molar-refractivity contribution in [2.45, 2.75) is 13.0 Å². The van der Waals surface area contributed by atoms with Crippen molar-refractivity contribution in [3.05, 3.63) is 70.2 Å². The van der Waals surface area contributed by atoms with Crippen LogP contribution in [-0.2, 0) is 0 Å². The zero-order valence-corrected chi connectivity index (χ0v) is 12.4. The van der Waals surface area contributed by atoms with Crippen LogP contribution in [0.4, 0.5) is 0 Å². The van der Waals surface area contributed by atoms with Crippen molar-refractivity contribution in [1.29, 1.82) is 0 Å². The van der Waals surface area contributed by atoms with E-state index < -0.39 is 17.6 Å². The highest BCUT2D eigenvalue weighted by molar-refractivity contribution is 5.93. The van der Waals surface area contributed by atoms with Crippen LogP contribution in [0.5, 0.6) is 0 Å². The monoisotopic (exact) mass is 313 g/mol. The Morgan fingerprint density at radius 2 is 2.30 bits per heavy atom. The summed E-state index contributed by atoms with van der Waals surface area (Å²) in [5, 5.41) is 12.4. The van der Waals surface area contributed by atoms with E-state index in [1.807, 2.05) is 6.92 Å². The number of nitrogens with zero attached hydrogens (tertiary/aromatic N) is 2. The number of pyridine rings is 1. The molecule has 0 spiro atoms. The van der Waals surface area contributed by atoms with Crippen molar-refractivity contribution in [2.75, 3.05) is 6.54 Å². The van der Waals surface area contributed by atoms with Crippen LogP contribution in [0, 0.1) is 6.92 Å². The second-order valence-electron chi connectivity index (χ2n) is 5.15. The van der Waals surface area contributed by atoms with Gasteiger partial charge in [0.25, 0.3) is 11.5 Å². The third-order valence-electron chi connectivity index (χ3n) is 3.44. The molecule has 23 heavy (non-hydrogen) atoms. The predicted octanol–water partition coefficient (Wildman–Crippen LogP) is 1.06. The van der Waals surface area contributed by atoms with Crippen LogP contribution < -0.4 is 10.9 Å². The molecule has 7 heteroatoms. The Labute approximate surface area is 131 Å². The largest absolute Gasteiger partial charge is 0.467 e. The number of hydrogen-bond acceptors (Lipinski definition) is 5. The predicted molar refractivity (Wildman–Crippen MR) is 82.2 cm³/mol. The fourth-order valence-corrected chi connectivity index (χ4v) is 2.20. The number of furan rings is 1. The van der Waals surface area contributed by atoms with Gasteiger partial charge in [0, 0.05) is 12.4 Å². The van der Waals surface area contributed by atoms with Crippen molar-refractivity contribution in [3.8, 4) is 0 Å². The standard InChI is InChI=1S/C16H15N3O4/c1-10-4-5-19-14(7-10)17-8-11(16(19)22)15(21)18-9-12(20)13-3-2-6-23-13/h2-8,12,20H,9H2,1H3,(H,18,21). The molecule has 3 rings (SSSR count). The van der Waals surface area contributed by atoms with Gasteiger partial charge >= 0.3 is 0 Å². The van der Waals surface area contributed by atoms with Gasteiger partial charge in [-0.25, -0.2) is 4.98 Å². The summed E-state index contributed by atoms with van der Waals surface area (Å²) in [6.07, 6.45) is 3.27. The number of aromatic nitrogens is 2. The maximum atomic E-state index is 12.3. The molecule has 1 atom stereocenters. The van der Waals surface area contributed by atoms with Crippen molar-refractivity contribution in [1.82, 2.24) is 14.7 Å². The molecule has 1 unspecified atom stereocenters. The van der Waals surface area contributed by atoms with E-state index in [1.165, 1.54) is 16.9 Å². The minimum absolute atomic E-state index is 0.0671. The molecule has 0 bridgehead atoms. The molecule has 1 amide bonds. The quantitative estimate of drug-likeness (QED) is 0.750. The first-order valence-electron chi connectivity index (χ1n) is 7.04.